The number of methoxy groups -OCH3 is 2. The van der Waals surface area contributed by atoms with Crippen LogP contribution in [0.5, 0.6) is 11.5 Å². The molecule has 23 heavy (non-hydrogen) atoms. The molecule has 0 unspecified atom stereocenters. The number of carbonyl (C=O) groups excluding carboxylic acids is 2. The summed E-state index contributed by atoms with van der Waals surface area (Å²) in [5.41, 5.74) is 1.59. The molecule has 118 valence electrons. The predicted molar refractivity (Wildman–Crippen MR) is 86.6 cm³/mol. The van der Waals surface area contributed by atoms with Crippen molar-refractivity contribution in [1.82, 2.24) is 0 Å². The first-order valence-corrected chi connectivity index (χ1v) is 7.32. The standard InChI is InChI=1S/C18H17NO4/c1-22-12-7-8-13-15(11-12)19(10-9-16(13)20)18(21)14-5-3-4-6-17(14)23-2/h3-8,11H,9-10H2,1-2H3. The number of fused-ring (bicyclic) bond motifs is 1. The Morgan fingerprint density at radius 3 is 2.61 bits per heavy atom. The van der Waals surface area contributed by atoms with Crippen LogP contribution in [0.4, 0.5) is 5.69 Å². The SMILES string of the molecule is COc1ccc2c(c1)N(C(=O)c1ccccc1OC)CCC2=O. The lowest BCUT2D eigenvalue weighted by Crippen LogP contribution is -2.37. The van der Waals surface area contributed by atoms with E-state index in [-0.39, 0.29) is 11.7 Å². The van der Waals surface area contributed by atoms with E-state index in [9.17, 15) is 9.59 Å². The fraction of sp³-hybridized carbons (Fsp3) is 0.222. The molecular weight excluding hydrogens is 294 g/mol. The summed E-state index contributed by atoms with van der Waals surface area (Å²) in [6, 6.07) is 12.2. The highest BCUT2D eigenvalue weighted by Gasteiger charge is 2.29. The topological polar surface area (TPSA) is 55.8 Å². The molecule has 5 heteroatoms. The Morgan fingerprint density at radius 1 is 1.09 bits per heavy atom. The lowest BCUT2D eigenvalue weighted by molar-refractivity contribution is 0.0954. The van der Waals surface area contributed by atoms with Gasteiger partial charge in [-0.05, 0) is 24.3 Å². The zero-order chi connectivity index (χ0) is 16.4. The third kappa shape index (κ3) is 2.65. The Labute approximate surface area is 134 Å². The summed E-state index contributed by atoms with van der Waals surface area (Å²) in [5, 5.41) is 0. The van der Waals surface area contributed by atoms with E-state index in [4.69, 9.17) is 9.47 Å². The van der Waals surface area contributed by atoms with Crippen LogP contribution in [0.25, 0.3) is 0 Å². The van der Waals surface area contributed by atoms with E-state index >= 15 is 0 Å². The number of ketones is 1. The number of amides is 1. The van der Waals surface area contributed by atoms with Crippen molar-refractivity contribution in [3.05, 3.63) is 53.6 Å². The van der Waals surface area contributed by atoms with Crippen molar-refractivity contribution in [1.29, 1.82) is 0 Å². The zero-order valence-corrected chi connectivity index (χ0v) is 13.0. The molecule has 3 rings (SSSR count). The highest BCUT2D eigenvalue weighted by atomic mass is 16.5. The second-order valence-electron chi connectivity index (χ2n) is 5.21. The third-order valence-corrected chi connectivity index (χ3v) is 3.94. The molecule has 0 N–H and O–H groups in total. The van der Waals surface area contributed by atoms with Crippen molar-refractivity contribution in [2.24, 2.45) is 0 Å². The number of ether oxygens (including phenoxy) is 2. The van der Waals surface area contributed by atoms with E-state index in [1.807, 2.05) is 6.07 Å². The molecule has 0 atom stereocenters. The molecule has 0 aliphatic carbocycles. The Bertz CT molecular complexity index is 769. The van der Waals surface area contributed by atoms with Gasteiger partial charge in [-0.3, -0.25) is 9.59 Å². The van der Waals surface area contributed by atoms with Crippen molar-refractivity contribution in [3.63, 3.8) is 0 Å². The molecule has 0 saturated heterocycles. The van der Waals surface area contributed by atoms with E-state index in [1.165, 1.54) is 7.11 Å². The fourth-order valence-corrected chi connectivity index (χ4v) is 2.74. The van der Waals surface area contributed by atoms with Crippen LogP contribution in [0.1, 0.15) is 27.1 Å². The number of rotatable bonds is 3. The van der Waals surface area contributed by atoms with Crippen molar-refractivity contribution in [2.45, 2.75) is 6.42 Å². The molecule has 2 aromatic rings. The number of Topliss-reactive ketones (excluding diaryl/α,β-unsaturated/α-hetero) is 1. The monoisotopic (exact) mass is 311 g/mol. The van der Waals surface area contributed by atoms with Gasteiger partial charge < -0.3 is 14.4 Å². The summed E-state index contributed by atoms with van der Waals surface area (Å²) in [4.78, 5) is 26.7. The minimum Gasteiger partial charge on any atom is -0.497 e. The number of hydrogen-bond donors (Lipinski definition) is 0. The van der Waals surface area contributed by atoms with Gasteiger partial charge in [0.1, 0.15) is 11.5 Å². The second-order valence-corrected chi connectivity index (χ2v) is 5.21. The largest absolute Gasteiger partial charge is 0.497 e. The maximum atomic E-state index is 12.9. The fourth-order valence-electron chi connectivity index (χ4n) is 2.74. The van der Waals surface area contributed by atoms with Gasteiger partial charge in [0.2, 0.25) is 0 Å². The predicted octanol–water partition coefficient (Wildman–Crippen LogP) is 2.94. The molecule has 0 saturated carbocycles. The molecule has 0 bridgehead atoms. The highest BCUT2D eigenvalue weighted by molar-refractivity contribution is 6.14. The molecule has 0 aromatic heterocycles. The molecule has 0 fully saturated rings. The average molecular weight is 311 g/mol. The molecule has 0 spiro atoms. The smallest absolute Gasteiger partial charge is 0.262 e. The highest BCUT2D eigenvalue weighted by Crippen LogP contribution is 2.33. The van der Waals surface area contributed by atoms with Crippen molar-refractivity contribution in [3.8, 4) is 11.5 Å². The van der Waals surface area contributed by atoms with E-state index in [1.54, 1.807) is 48.4 Å². The van der Waals surface area contributed by atoms with E-state index in [2.05, 4.69) is 0 Å². The summed E-state index contributed by atoms with van der Waals surface area (Å²) >= 11 is 0. The number of nitrogens with zero attached hydrogens (tertiary/aromatic N) is 1. The van der Waals surface area contributed by atoms with Gasteiger partial charge in [0, 0.05) is 24.6 Å². The lowest BCUT2D eigenvalue weighted by Gasteiger charge is -2.29. The van der Waals surface area contributed by atoms with Gasteiger partial charge in [0.05, 0.1) is 25.5 Å². The summed E-state index contributed by atoms with van der Waals surface area (Å²) in [5.74, 6) is 0.964. The first kappa shape index (κ1) is 15.1. The molecular formula is C18H17NO4. The van der Waals surface area contributed by atoms with E-state index in [0.717, 1.165) is 0 Å². The number of hydrogen-bond acceptors (Lipinski definition) is 4. The van der Waals surface area contributed by atoms with Crippen molar-refractivity contribution < 1.29 is 19.1 Å². The second kappa shape index (κ2) is 6.12. The van der Waals surface area contributed by atoms with Gasteiger partial charge in [-0.25, -0.2) is 0 Å². The summed E-state index contributed by atoms with van der Waals surface area (Å²) in [6.07, 6.45) is 0.306. The quantitative estimate of drug-likeness (QED) is 0.874. The van der Waals surface area contributed by atoms with Gasteiger partial charge in [0.25, 0.3) is 5.91 Å². The number of carbonyl (C=O) groups is 2. The van der Waals surface area contributed by atoms with Crippen LogP contribution in [0, 0.1) is 0 Å². The number of benzene rings is 2. The summed E-state index contributed by atoms with van der Waals surface area (Å²) in [6.45, 7) is 0.343. The normalized spacial score (nSPS) is 13.5. The molecule has 1 aliphatic rings. The van der Waals surface area contributed by atoms with Gasteiger partial charge in [-0.2, -0.15) is 0 Å². The molecule has 1 heterocycles. The molecule has 0 radical (unpaired) electrons. The van der Waals surface area contributed by atoms with Gasteiger partial charge in [-0.15, -0.1) is 0 Å². The van der Waals surface area contributed by atoms with Crippen LogP contribution in [0.2, 0.25) is 0 Å². The number of anilines is 1. The van der Waals surface area contributed by atoms with Crippen LogP contribution in [-0.4, -0.2) is 32.5 Å². The average Bonchev–Trinajstić information content (AvgIpc) is 2.61. The van der Waals surface area contributed by atoms with E-state index in [0.29, 0.717) is 41.3 Å². The molecule has 1 amide bonds. The van der Waals surface area contributed by atoms with Crippen molar-refractivity contribution in [2.75, 3.05) is 25.7 Å². The Balaban J connectivity index is 2.06. The summed E-state index contributed by atoms with van der Waals surface area (Å²) in [7, 11) is 3.08. The minimum atomic E-state index is -0.190. The first-order chi connectivity index (χ1) is 11.2. The Kier molecular flexibility index (Phi) is 4.02. The summed E-state index contributed by atoms with van der Waals surface area (Å²) < 4.78 is 10.5. The van der Waals surface area contributed by atoms with Gasteiger partial charge in [0.15, 0.2) is 5.78 Å². The zero-order valence-electron chi connectivity index (χ0n) is 13.0. The van der Waals surface area contributed by atoms with Gasteiger partial charge >= 0.3 is 0 Å². The number of para-hydroxylation sites is 1. The Hall–Kier alpha value is -2.82. The third-order valence-electron chi connectivity index (χ3n) is 3.94. The van der Waals surface area contributed by atoms with Crippen LogP contribution >= 0.6 is 0 Å². The van der Waals surface area contributed by atoms with Crippen LogP contribution in [0.15, 0.2) is 42.5 Å². The maximum Gasteiger partial charge on any atom is 0.262 e. The van der Waals surface area contributed by atoms with Gasteiger partial charge in [-0.1, -0.05) is 12.1 Å². The van der Waals surface area contributed by atoms with E-state index < -0.39 is 0 Å². The molecule has 1 aliphatic heterocycles. The first-order valence-electron chi connectivity index (χ1n) is 7.32. The minimum absolute atomic E-state index is 0.0340. The van der Waals surface area contributed by atoms with Crippen LogP contribution < -0.4 is 14.4 Å². The molecule has 2 aromatic carbocycles. The lowest BCUT2D eigenvalue weighted by atomic mass is 9.99. The van der Waals surface area contributed by atoms with Crippen LogP contribution in [-0.2, 0) is 0 Å². The van der Waals surface area contributed by atoms with Crippen LogP contribution in [0.3, 0.4) is 0 Å². The Morgan fingerprint density at radius 2 is 1.87 bits per heavy atom. The molecule has 5 nitrogen and oxygen atoms in total. The maximum absolute atomic E-state index is 12.9. The van der Waals surface area contributed by atoms with Crippen molar-refractivity contribution >= 4 is 17.4 Å².